The normalized spacial score (nSPS) is 29.2. The third kappa shape index (κ3) is 1.74. The molecular formula is C9H17NO. The van der Waals surface area contributed by atoms with Gasteiger partial charge in [0.25, 0.3) is 0 Å². The second-order valence-electron chi connectivity index (χ2n) is 3.79. The maximum Gasteiger partial charge on any atom is 0.0575 e. The molecule has 0 aromatic rings. The molecule has 1 aliphatic carbocycles. The molecule has 1 saturated heterocycles. The van der Waals surface area contributed by atoms with Gasteiger partial charge in [-0.15, -0.1) is 0 Å². The van der Waals surface area contributed by atoms with Gasteiger partial charge in [-0.25, -0.2) is 0 Å². The number of hydrogen-bond donors (Lipinski definition) is 0. The summed E-state index contributed by atoms with van der Waals surface area (Å²) in [6, 6.07) is 0. The standard InChI is InChI=1S/C9H17NO/c1-11-10-6-4-9(5-7-10)8-2-3-8/h8-9H,2-7H2,1H3. The minimum atomic E-state index is 1.03. The predicted molar refractivity (Wildman–Crippen MR) is 44.0 cm³/mol. The smallest absolute Gasteiger partial charge is 0.0575 e. The maximum absolute atomic E-state index is 5.17. The van der Waals surface area contributed by atoms with Gasteiger partial charge in [0.15, 0.2) is 0 Å². The maximum atomic E-state index is 5.17. The number of rotatable bonds is 2. The van der Waals surface area contributed by atoms with Crippen molar-refractivity contribution < 1.29 is 4.84 Å². The number of hydrogen-bond acceptors (Lipinski definition) is 2. The van der Waals surface area contributed by atoms with Gasteiger partial charge >= 0.3 is 0 Å². The molecule has 0 bridgehead atoms. The van der Waals surface area contributed by atoms with Crippen molar-refractivity contribution in [1.82, 2.24) is 5.06 Å². The largest absolute Gasteiger partial charge is 0.302 e. The zero-order valence-corrected chi connectivity index (χ0v) is 7.25. The Hall–Kier alpha value is -0.0800. The highest BCUT2D eigenvalue weighted by atomic mass is 16.7. The number of nitrogens with zero attached hydrogens (tertiary/aromatic N) is 1. The lowest BCUT2D eigenvalue weighted by Gasteiger charge is -2.29. The van der Waals surface area contributed by atoms with Crippen molar-refractivity contribution in [2.45, 2.75) is 25.7 Å². The monoisotopic (exact) mass is 155 g/mol. The predicted octanol–water partition coefficient (Wildman–Crippen LogP) is 1.67. The van der Waals surface area contributed by atoms with E-state index in [0.29, 0.717) is 0 Å². The SMILES string of the molecule is CON1CCC(C2CC2)CC1. The summed E-state index contributed by atoms with van der Waals surface area (Å²) in [7, 11) is 1.78. The Kier molecular flexibility index (Phi) is 2.14. The van der Waals surface area contributed by atoms with E-state index < -0.39 is 0 Å². The molecule has 0 spiro atoms. The van der Waals surface area contributed by atoms with E-state index in [1.165, 1.54) is 25.7 Å². The Morgan fingerprint density at radius 3 is 2.00 bits per heavy atom. The van der Waals surface area contributed by atoms with Crippen LogP contribution in [-0.2, 0) is 4.84 Å². The van der Waals surface area contributed by atoms with Crippen LogP contribution >= 0.6 is 0 Å². The molecule has 64 valence electrons. The summed E-state index contributed by atoms with van der Waals surface area (Å²) < 4.78 is 0. The van der Waals surface area contributed by atoms with Crippen LogP contribution < -0.4 is 0 Å². The second-order valence-corrected chi connectivity index (χ2v) is 3.79. The molecule has 0 aromatic carbocycles. The molecule has 0 atom stereocenters. The topological polar surface area (TPSA) is 12.5 Å². The molecule has 0 radical (unpaired) electrons. The van der Waals surface area contributed by atoms with Crippen LogP contribution in [0.5, 0.6) is 0 Å². The van der Waals surface area contributed by atoms with Crippen molar-refractivity contribution in [3.05, 3.63) is 0 Å². The first-order valence-electron chi connectivity index (χ1n) is 4.69. The van der Waals surface area contributed by atoms with Gasteiger partial charge in [-0.3, -0.25) is 0 Å². The van der Waals surface area contributed by atoms with E-state index in [9.17, 15) is 0 Å². The Balaban J connectivity index is 1.75. The first kappa shape index (κ1) is 7.56. The first-order valence-corrected chi connectivity index (χ1v) is 4.69. The lowest BCUT2D eigenvalue weighted by Crippen LogP contribution is -2.33. The van der Waals surface area contributed by atoms with Crippen molar-refractivity contribution in [2.75, 3.05) is 20.2 Å². The quantitative estimate of drug-likeness (QED) is 0.601. The van der Waals surface area contributed by atoms with E-state index in [0.717, 1.165) is 24.9 Å². The zero-order valence-electron chi connectivity index (χ0n) is 7.25. The fourth-order valence-electron chi connectivity index (χ4n) is 2.10. The van der Waals surface area contributed by atoms with E-state index in [2.05, 4.69) is 5.06 Å². The average Bonchev–Trinajstić information content (AvgIpc) is 2.87. The number of piperidine rings is 1. The van der Waals surface area contributed by atoms with Gasteiger partial charge in [-0.05, 0) is 37.5 Å². The van der Waals surface area contributed by atoms with Crippen molar-refractivity contribution in [3.8, 4) is 0 Å². The molecule has 1 aliphatic heterocycles. The summed E-state index contributed by atoms with van der Waals surface area (Å²) in [5.41, 5.74) is 0. The fourth-order valence-corrected chi connectivity index (χ4v) is 2.10. The van der Waals surface area contributed by atoms with Crippen LogP contribution in [0.3, 0.4) is 0 Å². The lowest BCUT2D eigenvalue weighted by atomic mass is 9.93. The van der Waals surface area contributed by atoms with Crippen LogP contribution in [-0.4, -0.2) is 25.3 Å². The Bertz CT molecular complexity index is 126. The molecule has 1 saturated carbocycles. The summed E-state index contributed by atoms with van der Waals surface area (Å²) in [6.07, 6.45) is 5.71. The van der Waals surface area contributed by atoms with Gasteiger partial charge < -0.3 is 4.84 Å². The van der Waals surface area contributed by atoms with Gasteiger partial charge in [0.2, 0.25) is 0 Å². The molecule has 11 heavy (non-hydrogen) atoms. The van der Waals surface area contributed by atoms with Crippen LogP contribution in [0.4, 0.5) is 0 Å². The second kappa shape index (κ2) is 3.11. The minimum absolute atomic E-state index is 1.03. The van der Waals surface area contributed by atoms with Crippen LogP contribution in [0.15, 0.2) is 0 Å². The van der Waals surface area contributed by atoms with E-state index in [1.54, 1.807) is 7.11 Å². The molecule has 0 aromatic heterocycles. The number of hydroxylamine groups is 2. The summed E-state index contributed by atoms with van der Waals surface area (Å²) in [5, 5.41) is 2.08. The lowest BCUT2D eigenvalue weighted by molar-refractivity contribution is -0.149. The van der Waals surface area contributed by atoms with Gasteiger partial charge in [0, 0.05) is 13.1 Å². The third-order valence-electron chi connectivity index (χ3n) is 3.05. The van der Waals surface area contributed by atoms with Crippen molar-refractivity contribution in [1.29, 1.82) is 0 Å². The van der Waals surface area contributed by atoms with Crippen molar-refractivity contribution in [3.63, 3.8) is 0 Å². The molecular weight excluding hydrogens is 138 g/mol. The molecule has 2 heteroatoms. The van der Waals surface area contributed by atoms with Crippen LogP contribution in [0.1, 0.15) is 25.7 Å². The molecule has 2 rings (SSSR count). The van der Waals surface area contributed by atoms with Crippen molar-refractivity contribution in [2.24, 2.45) is 11.8 Å². The highest BCUT2D eigenvalue weighted by molar-refractivity contribution is 4.83. The molecule has 0 unspecified atom stereocenters. The highest BCUT2D eigenvalue weighted by Crippen LogP contribution is 2.41. The van der Waals surface area contributed by atoms with Crippen LogP contribution in [0.2, 0.25) is 0 Å². The Labute approximate surface area is 68.5 Å². The molecule has 2 aliphatic rings. The van der Waals surface area contributed by atoms with Gasteiger partial charge in [-0.1, -0.05) is 0 Å². The first-order chi connectivity index (χ1) is 5.40. The zero-order chi connectivity index (χ0) is 7.68. The molecule has 2 fully saturated rings. The van der Waals surface area contributed by atoms with Gasteiger partial charge in [0.1, 0.15) is 0 Å². The van der Waals surface area contributed by atoms with Gasteiger partial charge in [-0.2, -0.15) is 5.06 Å². The molecule has 0 N–H and O–H groups in total. The Morgan fingerprint density at radius 2 is 1.55 bits per heavy atom. The summed E-state index contributed by atoms with van der Waals surface area (Å²) >= 11 is 0. The summed E-state index contributed by atoms with van der Waals surface area (Å²) in [6.45, 7) is 2.30. The van der Waals surface area contributed by atoms with E-state index in [4.69, 9.17) is 4.84 Å². The van der Waals surface area contributed by atoms with Gasteiger partial charge in [0.05, 0.1) is 7.11 Å². The fraction of sp³-hybridized carbons (Fsp3) is 1.00. The third-order valence-corrected chi connectivity index (χ3v) is 3.05. The molecule has 0 amide bonds. The van der Waals surface area contributed by atoms with Crippen LogP contribution in [0, 0.1) is 11.8 Å². The van der Waals surface area contributed by atoms with E-state index in [1.807, 2.05) is 0 Å². The van der Waals surface area contributed by atoms with Crippen LogP contribution in [0.25, 0.3) is 0 Å². The molecule has 1 heterocycles. The highest BCUT2D eigenvalue weighted by Gasteiger charge is 2.33. The van der Waals surface area contributed by atoms with E-state index >= 15 is 0 Å². The summed E-state index contributed by atoms with van der Waals surface area (Å²) in [4.78, 5) is 5.17. The minimum Gasteiger partial charge on any atom is -0.302 e. The Morgan fingerprint density at radius 1 is 1.00 bits per heavy atom. The average molecular weight is 155 g/mol. The van der Waals surface area contributed by atoms with E-state index in [-0.39, 0.29) is 0 Å². The molecule has 2 nitrogen and oxygen atoms in total. The summed E-state index contributed by atoms with van der Waals surface area (Å²) in [5.74, 6) is 2.12. The van der Waals surface area contributed by atoms with Crippen molar-refractivity contribution >= 4 is 0 Å².